The molecule has 3 heterocycles. The van der Waals surface area contributed by atoms with Gasteiger partial charge in [-0.05, 0) is 43.5 Å². The van der Waals surface area contributed by atoms with Crippen molar-refractivity contribution in [1.82, 2.24) is 19.6 Å². The minimum absolute atomic E-state index is 0.249. The van der Waals surface area contributed by atoms with Crippen LogP contribution in [0.3, 0.4) is 0 Å². The van der Waals surface area contributed by atoms with Crippen molar-refractivity contribution in [2.75, 3.05) is 44.2 Å². The van der Waals surface area contributed by atoms with Gasteiger partial charge in [-0.2, -0.15) is 5.10 Å². The molecular formula is C23H31N5O. The maximum absolute atomic E-state index is 12.9. The molecule has 1 saturated heterocycles. The first-order valence-corrected chi connectivity index (χ1v) is 10.5. The summed E-state index contributed by atoms with van der Waals surface area (Å²) in [6, 6.07) is 8.96. The smallest absolute Gasteiger partial charge is 0.236 e. The number of rotatable bonds is 4. The highest BCUT2D eigenvalue weighted by atomic mass is 16.2. The number of carbonyl (C=O) groups is 1. The molecule has 2 aromatic rings. The van der Waals surface area contributed by atoms with Crippen molar-refractivity contribution in [3.05, 3.63) is 53.9 Å². The van der Waals surface area contributed by atoms with E-state index in [9.17, 15) is 4.79 Å². The first kappa shape index (κ1) is 19.7. The summed E-state index contributed by atoms with van der Waals surface area (Å²) in [5.41, 5.74) is 5.06. The van der Waals surface area contributed by atoms with Crippen LogP contribution in [0.25, 0.3) is 5.57 Å². The number of nitrogens with zero attached hydrogens (tertiary/aromatic N) is 5. The zero-order chi connectivity index (χ0) is 20.4. The number of hydrogen-bond donors (Lipinski definition) is 0. The third-order valence-electron chi connectivity index (χ3n) is 6.04. The average Bonchev–Trinajstić information content (AvgIpc) is 3.15. The molecule has 1 fully saturated rings. The highest BCUT2D eigenvalue weighted by molar-refractivity contribution is 5.79. The van der Waals surface area contributed by atoms with Crippen LogP contribution >= 0.6 is 0 Å². The summed E-state index contributed by atoms with van der Waals surface area (Å²) in [7, 11) is 1.94. The quantitative estimate of drug-likeness (QED) is 0.801. The van der Waals surface area contributed by atoms with Gasteiger partial charge >= 0.3 is 0 Å². The number of amides is 1. The van der Waals surface area contributed by atoms with Gasteiger partial charge in [-0.15, -0.1) is 0 Å². The first-order chi connectivity index (χ1) is 14.0. The van der Waals surface area contributed by atoms with Gasteiger partial charge in [-0.3, -0.25) is 14.4 Å². The first-order valence-electron chi connectivity index (χ1n) is 10.5. The highest BCUT2D eigenvalue weighted by Gasteiger charge is 2.28. The highest BCUT2D eigenvalue weighted by Crippen LogP contribution is 2.23. The van der Waals surface area contributed by atoms with Crippen LogP contribution in [-0.4, -0.2) is 70.8 Å². The maximum atomic E-state index is 12.9. The van der Waals surface area contributed by atoms with Crippen LogP contribution in [0.2, 0.25) is 0 Å². The molecule has 4 rings (SSSR count). The Hall–Kier alpha value is -2.60. The summed E-state index contributed by atoms with van der Waals surface area (Å²) in [6.07, 6.45) is 7.19. The number of benzene rings is 1. The van der Waals surface area contributed by atoms with E-state index in [0.29, 0.717) is 12.6 Å². The summed E-state index contributed by atoms with van der Waals surface area (Å²) in [6.45, 7) is 9.07. The Balaban J connectivity index is 1.30. The van der Waals surface area contributed by atoms with Crippen molar-refractivity contribution < 1.29 is 4.79 Å². The molecule has 29 heavy (non-hydrogen) atoms. The van der Waals surface area contributed by atoms with Crippen molar-refractivity contribution in [3.63, 3.8) is 0 Å². The van der Waals surface area contributed by atoms with Crippen LogP contribution in [0, 0.1) is 6.92 Å². The van der Waals surface area contributed by atoms with E-state index in [1.165, 1.54) is 22.4 Å². The van der Waals surface area contributed by atoms with E-state index in [1.54, 1.807) is 0 Å². The van der Waals surface area contributed by atoms with Crippen LogP contribution in [0.4, 0.5) is 5.69 Å². The minimum Gasteiger partial charge on any atom is -0.365 e. The summed E-state index contributed by atoms with van der Waals surface area (Å²) in [5, 5.41) is 4.26. The van der Waals surface area contributed by atoms with Gasteiger partial charge in [0.2, 0.25) is 5.91 Å². The fourth-order valence-corrected chi connectivity index (χ4v) is 4.37. The molecule has 1 aromatic carbocycles. The average molecular weight is 394 g/mol. The number of hydrogen-bond acceptors (Lipinski definition) is 4. The normalized spacial score (nSPS) is 20.7. The number of anilines is 1. The Kier molecular flexibility index (Phi) is 5.72. The van der Waals surface area contributed by atoms with Crippen LogP contribution in [-0.2, 0) is 11.8 Å². The van der Waals surface area contributed by atoms with Gasteiger partial charge < -0.3 is 9.80 Å². The third kappa shape index (κ3) is 4.53. The summed E-state index contributed by atoms with van der Waals surface area (Å²) < 4.78 is 1.84. The molecule has 1 unspecified atom stereocenters. The van der Waals surface area contributed by atoms with Crippen LogP contribution in [0.1, 0.15) is 24.5 Å². The van der Waals surface area contributed by atoms with Gasteiger partial charge in [0.25, 0.3) is 0 Å². The van der Waals surface area contributed by atoms with Gasteiger partial charge in [0.15, 0.2) is 0 Å². The molecule has 2 aliphatic heterocycles. The predicted molar refractivity (Wildman–Crippen MR) is 117 cm³/mol. The summed E-state index contributed by atoms with van der Waals surface area (Å²) in [4.78, 5) is 19.6. The molecule has 0 radical (unpaired) electrons. The molecule has 6 nitrogen and oxygen atoms in total. The summed E-state index contributed by atoms with van der Waals surface area (Å²) in [5.74, 6) is 0.249. The van der Waals surface area contributed by atoms with Crippen LogP contribution in [0.15, 0.2) is 42.7 Å². The topological polar surface area (TPSA) is 44.6 Å². The molecule has 1 aromatic heterocycles. The predicted octanol–water partition coefficient (Wildman–Crippen LogP) is 2.55. The molecule has 2 aliphatic rings. The molecule has 154 valence electrons. The van der Waals surface area contributed by atoms with Crippen LogP contribution < -0.4 is 4.90 Å². The molecule has 1 atom stereocenters. The van der Waals surface area contributed by atoms with E-state index in [0.717, 1.165) is 39.1 Å². The van der Waals surface area contributed by atoms with Gasteiger partial charge in [0.05, 0.1) is 12.7 Å². The third-order valence-corrected chi connectivity index (χ3v) is 6.04. The Bertz CT molecular complexity index is 902. The molecule has 0 spiro atoms. The fourth-order valence-electron chi connectivity index (χ4n) is 4.37. The zero-order valence-electron chi connectivity index (χ0n) is 17.7. The number of piperazine rings is 1. The molecule has 0 N–H and O–H groups in total. The lowest BCUT2D eigenvalue weighted by atomic mass is 10.0. The van der Waals surface area contributed by atoms with E-state index in [1.807, 2.05) is 22.8 Å². The second kappa shape index (κ2) is 8.41. The Morgan fingerprint density at radius 2 is 2.10 bits per heavy atom. The maximum Gasteiger partial charge on any atom is 0.236 e. The number of aryl methyl sites for hydroxylation is 2. The fraction of sp³-hybridized carbons (Fsp3) is 0.478. The lowest BCUT2D eigenvalue weighted by molar-refractivity contribution is -0.133. The van der Waals surface area contributed by atoms with E-state index in [4.69, 9.17) is 0 Å². The van der Waals surface area contributed by atoms with Crippen LogP contribution in [0.5, 0.6) is 0 Å². The van der Waals surface area contributed by atoms with Gasteiger partial charge in [0, 0.05) is 63.3 Å². The molecular weight excluding hydrogens is 362 g/mol. The molecule has 0 aliphatic carbocycles. The molecule has 0 saturated carbocycles. The minimum atomic E-state index is 0.249. The Morgan fingerprint density at radius 3 is 2.76 bits per heavy atom. The molecule has 6 heteroatoms. The second-order valence-electron chi connectivity index (χ2n) is 8.34. The van der Waals surface area contributed by atoms with E-state index < -0.39 is 0 Å². The molecule has 1 amide bonds. The van der Waals surface area contributed by atoms with Gasteiger partial charge in [-0.25, -0.2) is 0 Å². The van der Waals surface area contributed by atoms with E-state index in [2.05, 4.69) is 65.3 Å². The number of carbonyl (C=O) groups excluding carboxylic acids is 1. The lowest BCUT2D eigenvalue weighted by Crippen LogP contribution is -2.55. The Morgan fingerprint density at radius 1 is 1.24 bits per heavy atom. The summed E-state index contributed by atoms with van der Waals surface area (Å²) >= 11 is 0. The van der Waals surface area contributed by atoms with E-state index in [-0.39, 0.29) is 5.91 Å². The molecule has 0 bridgehead atoms. The lowest BCUT2D eigenvalue weighted by Gasteiger charge is -2.42. The van der Waals surface area contributed by atoms with Crippen molar-refractivity contribution >= 4 is 17.2 Å². The van der Waals surface area contributed by atoms with Crippen molar-refractivity contribution in [2.45, 2.75) is 26.3 Å². The van der Waals surface area contributed by atoms with E-state index >= 15 is 0 Å². The van der Waals surface area contributed by atoms with Crippen molar-refractivity contribution in [2.24, 2.45) is 7.05 Å². The van der Waals surface area contributed by atoms with Gasteiger partial charge in [0.1, 0.15) is 0 Å². The second-order valence-corrected chi connectivity index (χ2v) is 8.34. The Labute approximate surface area is 173 Å². The number of aromatic nitrogens is 2. The SMILES string of the molecule is Cc1cccc(N2CCN(C(=O)CN3CC=C(c4cnn(C)c4)CC3)CC2C)c1. The van der Waals surface area contributed by atoms with Gasteiger partial charge in [-0.1, -0.05) is 18.2 Å². The largest absolute Gasteiger partial charge is 0.365 e. The van der Waals surface area contributed by atoms with Crippen molar-refractivity contribution in [1.29, 1.82) is 0 Å². The standard InChI is InChI=1S/C23H31N5O/c1-18-5-4-6-22(13-18)28-12-11-27(15-19(28)2)23(29)17-26-9-7-20(8-10-26)21-14-24-25(3)16-21/h4-7,13-14,16,19H,8-12,15,17H2,1-3H3. The zero-order valence-corrected chi connectivity index (χ0v) is 17.7. The monoisotopic (exact) mass is 393 g/mol. The van der Waals surface area contributed by atoms with Crippen molar-refractivity contribution in [3.8, 4) is 0 Å².